The minimum atomic E-state index is -0.350. The minimum absolute atomic E-state index is 0.166. The van der Waals surface area contributed by atoms with Crippen LogP contribution in [0.25, 0.3) is 22.3 Å². The molecule has 190 valence electrons. The van der Waals surface area contributed by atoms with Crippen molar-refractivity contribution in [2.45, 2.75) is 18.9 Å². The van der Waals surface area contributed by atoms with E-state index >= 15 is 0 Å². The van der Waals surface area contributed by atoms with Crippen LogP contribution < -0.4 is 15.8 Å². The van der Waals surface area contributed by atoms with E-state index in [0.29, 0.717) is 39.7 Å². The first-order chi connectivity index (χ1) is 17.9. The average Bonchev–Trinajstić information content (AvgIpc) is 3.31. The number of anilines is 2. The van der Waals surface area contributed by atoms with E-state index in [0.717, 1.165) is 31.5 Å². The van der Waals surface area contributed by atoms with Crippen LogP contribution in [-0.2, 0) is 25.6 Å². The number of aromatic nitrogens is 4. The topological polar surface area (TPSA) is 111 Å². The van der Waals surface area contributed by atoms with Crippen LogP contribution in [0, 0.1) is 0 Å². The van der Waals surface area contributed by atoms with Gasteiger partial charge in [-0.25, -0.2) is 19.0 Å². The lowest BCUT2D eigenvalue weighted by Gasteiger charge is -2.31. The van der Waals surface area contributed by atoms with Crippen LogP contribution in [0.15, 0.2) is 67.5 Å². The van der Waals surface area contributed by atoms with Gasteiger partial charge in [-0.15, -0.1) is 0 Å². The number of amides is 1. The average molecular weight is 534 g/mol. The summed E-state index contributed by atoms with van der Waals surface area (Å²) in [5, 5.41) is 8.51. The highest BCUT2D eigenvalue weighted by Crippen LogP contribution is 2.38. The molecule has 37 heavy (non-hydrogen) atoms. The summed E-state index contributed by atoms with van der Waals surface area (Å²) in [5.41, 5.74) is 8.91. The third-order valence-electron chi connectivity index (χ3n) is 6.32. The van der Waals surface area contributed by atoms with Gasteiger partial charge in [0.05, 0.1) is 17.1 Å². The molecule has 5 rings (SSSR count). The Labute approximate surface area is 222 Å². The summed E-state index contributed by atoms with van der Waals surface area (Å²) < 4.78 is 10.3. The molecule has 1 saturated heterocycles. The van der Waals surface area contributed by atoms with Crippen LogP contribution in [0.5, 0.6) is 11.5 Å². The molecule has 0 spiro atoms. The van der Waals surface area contributed by atoms with Crippen molar-refractivity contribution >= 4 is 49.3 Å². The van der Waals surface area contributed by atoms with E-state index in [9.17, 15) is 4.79 Å². The summed E-state index contributed by atoms with van der Waals surface area (Å²) in [6.45, 7) is 5.39. The Bertz CT molecular complexity index is 1480. The number of nitrogens with one attached hydrogen (secondary N) is 1. The first-order valence-electron chi connectivity index (χ1n) is 11.8. The van der Waals surface area contributed by atoms with E-state index < -0.39 is 0 Å². The molecule has 1 aliphatic rings. The molecule has 0 radical (unpaired) electrons. The van der Waals surface area contributed by atoms with Crippen molar-refractivity contribution in [1.29, 1.82) is 0 Å². The van der Waals surface area contributed by atoms with Gasteiger partial charge in [-0.3, -0.25) is 4.79 Å². The number of hydrogen-bond donors (Lipinski definition) is 2. The Kier molecular flexibility index (Phi) is 7.26. The summed E-state index contributed by atoms with van der Waals surface area (Å²) in [6, 6.07) is 15.0. The molecule has 9 nitrogen and oxygen atoms in total. The number of ether oxygens (including phenoxy) is 1. The molecular formula is C26H27N7O2S2. The number of nitrogen functional groups attached to an aromatic ring is 1. The van der Waals surface area contributed by atoms with Gasteiger partial charge in [0.1, 0.15) is 23.6 Å². The number of piperidine rings is 1. The largest absolute Gasteiger partial charge is 0.455 e. The summed E-state index contributed by atoms with van der Waals surface area (Å²) in [7, 11) is -0.166. The number of benzene rings is 2. The maximum Gasteiger partial charge on any atom is 0.247 e. The Balaban J connectivity index is 1.57. The predicted octanol–water partition coefficient (Wildman–Crippen LogP) is 4.25. The second-order valence-corrected chi connectivity index (χ2v) is 11.5. The van der Waals surface area contributed by atoms with Crippen molar-refractivity contribution in [1.82, 2.24) is 24.1 Å². The molecule has 3 heterocycles. The molecule has 1 aliphatic heterocycles. The van der Waals surface area contributed by atoms with Crippen molar-refractivity contribution in [3.63, 3.8) is 0 Å². The Morgan fingerprint density at radius 1 is 1.22 bits per heavy atom. The number of carbonyl (C=O) groups excluding carboxylic acids is 1. The van der Waals surface area contributed by atoms with Crippen molar-refractivity contribution in [2.75, 3.05) is 30.4 Å². The van der Waals surface area contributed by atoms with E-state index in [1.807, 2.05) is 47.1 Å². The third-order valence-corrected chi connectivity index (χ3v) is 8.04. The highest BCUT2D eigenvalue weighted by atomic mass is 32.8. The molecule has 2 aromatic carbocycles. The van der Waals surface area contributed by atoms with E-state index in [-0.39, 0.29) is 21.6 Å². The number of rotatable bonds is 7. The molecule has 2 aromatic heterocycles. The lowest BCUT2D eigenvalue weighted by molar-refractivity contribution is -0.111. The van der Waals surface area contributed by atoms with Crippen LogP contribution in [0.4, 0.5) is 11.5 Å². The second kappa shape index (κ2) is 10.8. The quantitative estimate of drug-likeness (QED) is 0.339. The molecule has 1 atom stereocenters. The van der Waals surface area contributed by atoms with Gasteiger partial charge in [0, 0.05) is 24.9 Å². The summed E-state index contributed by atoms with van der Waals surface area (Å²) >= 11 is 5.47. The zero-order valence-corrected chi connectivity index (χ0v) is 22.0. The summed E-state index contributed by atoms with van der Waals surface area (Å²) in [6.07, 6.45) is 6.58. The fourth-order valence-corrected chi connectivity index (χ4v) is 5.63. The second-order valence-electron chi connectivity index (χ2n) is 8.65. The minimum Gasteiger partial charge on any atom is -0.455 e. The molecule has 3 N–H and O–H groups in total. The van der Waals surface area contributed by atoms with Gasteiger partial charge < -0.3 is 15.8 Å². The monoisotopic (exact) mass is 533 g/mol. The van der Waals surface area contributed by atoms with Gasteiger partial charge in [0.15, 0.2) is 11.4 Å². The van der Waals surface area contributed by atoms with Crippen LogP contribution in [0.1, 0.15) is 18.9 Å². The fraction of sp³-hybridized carbons (Fsp3) is 0.231. The molecule has 0 bridgehead atoms. The van der Waals surface area contributed by atoms with Crippen LogP contribution in [0.2, 0.25) is 0 Å². The lowest BCUT2D eigenvalue weighted by atomic mass is 10.1. The molecule has 0 saturated carbocycles. The highest BCUT2D eigenvalue weighted by Gasteiger charge is 2.27. The lowest BCUT2D eigenvalue weighted by Crippen LogP contribution is -2.35. The van der Waals surface area contributed by atoms with Gasteiger partial charge in [0.2, 0.25) is 5.91 Å². The maximum absolute atomic E-state index is 12.2. The molecular weight excluding hydrogens is 506 g/mol. The van der Waals surface area contributed by atoms with Gasteiger partial charge in [-0.2, -0.15) is 5.10 Å². The Morgan fingerprint density at radius 3 is 2.68 bits per heavy atom. The van der Waals surface area contributed by atoms with Gasteiger partial charge >= 0.3 is 0 Å². The normalized spacial score (nSPS) is 15.4. The van der Waals surface area contributed by atoms with Crippen molar-refractivity contribution in [3.8, 4) is 22.8 Å². The van der Waals surface area contributed by atoms with Crippen LogP contribution >= 0.6 is 0 Å². The zero-order valence-electron chi connectivity index (χ0n) is 20.3. The number of fused-ring (bicyclic) bond motifs is 1. The standard InChI is InChI=1S/C26H27N7O2S2/c1-3-22(34)30-20-15-17(9-10-21(20)35-19-7-5-4-6-8-19)24-23-25(27)28-16-29-26(23)33(31-24)18-11-13-32(14-12-18)37(2)36/h3-10,15-16,18H,1,11-14H2,2H3,(H,30,34)(H2,27,28,29). The molecule has 4 aromatic rings. The van der Waals surface area contributed by atoms with E-state index in [1.54, 1.807) is 6.07 Å². The molecule has 1 amide bonds. The number of hydrogen-bond acceptors (Lipinski definition) is 7. The number of para-hydroxylation sites is 1. The molecule has 0 aliphatic carbocycles. The third kappa shape index (κ3) is 5.24. The maximum atomic E-state index is 12.2. The number of nitrogens with two attached hydrogens (primary N) is 1. The SMILES string of the molecule is C=CC(=O)Nc1cc(-c2nn(C3CCN(S(C)=S)CC3)c3ncnc(N)c23)ccc1Oc1ccccc1. The first kappa shape index (κ1) is 25.0. The predicted molar refractivity (Wildman–Crippen MR) is 151 cm³/mol. The Hall–Kier alpha value is -3.67. The highest BCUT2D eigenvalue weighted by molar-refractivity contribution is 8.27. The van der Waals surface area contributed by atoms with E-state index in [4.69, 9.17) is 26.8 Å². The van der Waals surface area contributed by atoms with Crippen LogP contribution in [0.3, 0.4) is 0 Å². The zero-order chi connectivity index (χ0) is 25.9. The van der Waals surface area contributed by atoms with E-state index in [2.05, 4.69) is 32.4 Å². The number of carbonyl (C=O) groups is 1. The van der Waals surface area contributed by atoms with Crippen molar-refractivity contribution in [3.05, 3.63) is 67.5 Å². The van der Waals surface area contributed by atoms with Gasteiger partial charge in [0.25, 0.3) is 0 Å². The molecule has 1 fully saturated rings. The number of nitrogens with zero attached hydrogens (tertiary/aromatic N) is 5. The molecule has 1 unspecified atom stereocenters. The first-order valence-corrected chi connectivity index (χ1v) is 14.3. The fourth-order valence-electron chi connectivity index (χ4n) is 4.46. The molecule has 11 heteroatoms. The van der Waals surface area contributed by atoms with Gasteiger partial charge in [-0.1, -0.05) is 34.4 Å². The van der Waals surface area contributed by atoms with Gasteiger partial charge in [-0.05, 0) is 60.4 Å². The van der Waals surface area contributed by atoms with Crippen molar-refractivity contribution in [2.24, 2.45) is 0 Å². The summed E-state index contributed by atoms with van der Waals surface area (Å²) in [4.78, 5) is 21.0. The Morgan fingerprint density at radius 2 is 1.97 bits per heavy atom. The summed E-state index contributed by atoms with van der Waals surface area (Å²) in [5.74, 6) is 1.14. The van der Waals surface area contributed by atoms with Crippen LogP contribution in [-0.4, -0.2) is 49.3 Å². The smallest absolute Gasteiger partial charge is 0.247 e. The van der Waals surface area contributed by atoms with E-state index in [1.165, 1.54) is 12.4 Å². The van der Waals surface area contributed by atoms with Crippen molar-refractivity contribution < 1.29 is 9.53 Å².